The molecule has 50 heavy (non-hydrogen) atoms. The van der Waals surface area contributed by atoms with E-state index in [2.05, 4.69) is 127 Å². The van der Waals surface area contributed by atoms with E-state index >= 15 is 4.79 Å². The number of rotatable bonds is 10. The number of ether oxygens (including phenoxy) is 2. The average Bonchev–Trinajstić information content (AvgIpc) is 3.90. The number of nitrogens with zero attached hydrogens (tertiary/aromatic N) is 6. The Morgan fingerprint density at radius 2 is 1.10 bits per heavy atom. The van der Waals surface area contributed by atoms with Crippen LogP contribution >= 0.6 is 0 Å². The summed E-state index contributed by atoms with van der Waals surface area (Å²) >= 11 is 0. The van der Waals surface area contributed by atoms with Crippen LogP contribution in [-0.4, -0.2) is 107 Å². The van der Waals surface area contributed by atoms with Gasteiger partial charge in [-0.05, 0) is 88.4 Å². The van der Waals surface area contributed by atoms with Crippen LogP contribution < -0.4 is 0 Å². The van der Waals surface area contributed by atoms with E-state index in [1.165, 1.54) is 0 Å². The van der Waals surface area contributed by atoms with Gasteiger partial charge in [-0.2, -0.15) is 0 Å². The molecule has 6 aromatic rings. The second kappa shape index (κ2) is 13.6. The number of nitrogens with one attached hydrogen (secondary N) is 2. The van der Waals surface area contributed by atoms with Crippen molar-refractivity contribution >= 4 is 27.9 Å². The topological polar surface area (TPSA) is 109 Å². The number of carbonyl (C=O) groups is 1. The van der Waals surface area contributed by atoms with Gasteiger partial charge in [-0.1, -0.05) is 0 Å². The van der Waals surface area contributed by atoms with E-state index in [9.17, 15) is 0 Å². The molecule has 8 heterocycles. The number of aromatic nitrogens is 6. The van der Waals surface area contributed by atoms with Crippen LogP contribution in [0.3, 0.4) is 0 Å². The zero-order valence-electron chi connectivity index (χ0n) is 29.2. The number of carbonyl (C=O) groups excluding carboxylic acids is 1. The van der Waals surface area contributed by atoms with Gasteiger partial charge in [0.25, 0.3) is 0 Å². The molecule has 6 atom stereocenters. The number of fused-ring (bicyclic) bond motifs is 2. The smallest absolute Gasteiger partial charge is 0.170 e. The van der Waals surface area contributed by atoms with Crippen LogP contribution in [0.1, 0.15) is 27.7 Å². The number of hydrogen-bond acceptors (Lipinski definition) is 7. The van der Waals surface area contributed by atoms with Crippen LogP contribution in [0.25, 0.3) is 44.8 Å². The summed E-state index contributed by atoms with van der Waals surface area (Å²) in [6, 6.07) is 19.9. The Kier molecular flexibility index (Phi) is 8.90. The zero-order valence-corrected chi connectivity index (χ0v) is 29.2. The van der Waals surface area contributed by atoms with E-state index < -0.39 is 0 Å². The predicted octanol–water partition coefficient (Wildman–Crippen LogP) is 5.60. The first kappa shape index (κ1) is 32.6. The number of aromatic amines is 2. The monoisotopic (exact) mass is 674 g/mol. The standard InChI is InChI=1S/C39H46N8O3/c1-25-19-46(20-26(2)49-25)35(23-44-15-7-11-33(44)31-17-29-9-5-13-40-38(29)42-31)37(48)36(47-21-27(3)50-28(4)22-47)24-45-16-8-12-34(45)32-18-30-10-6-14-41-39(30)43-32/h5-18,25-28,35-36H,19-24H2,1-4H3,(H,40,42)(H,41,43). The number of ketones is 1. The largest absolute Gasteiger partial charge is 0.373 e. The molecule has 8 rings (SSSR count). The molecule has 0 radical (unpaired) electrons. The Hall–Kier alpha value is -4.55. The minimum absolute atomic E-state index is 0.0199. The number of hydrogen-bond donors (Lipinski definition) is 2. The number of Topliss-reactive ketones (excluding diaryl/α,β-unsaturated/α-hetero) is 1. The second-order valence-electron chi connectivity index (χ2n) is 14.2. The van der Waals surface area contributed by atoms with Crippen LogP contribution in [0.15, 0.2) is 85.5 Å². The minimum Gasteiger partial charge on any atom is -0.373 e. The van der Waals surface area contributed by atoms with Gasteiger partial charge in [0, 0.05) is 74.8 Å². The first-order valence-electron chi connectivity index (χ1n) is 17.8. The lowest BCUT2D eigenvalue weighted by atomic mass is 9.98. The van der Waals surface area contributed by atoms with E-state index in [0.717, 1.165) is 44.8 Å². The van der Waals surface area contributed by atoms with Gasteiger partial charge in [0.15, 0.2) is 5.78 Å². The summed E-state index contributed by atoms with van der Waals surface area (Å²) in [5.41, 5.74) is 5.72. The molecule has 2 aliphatic rings. The second-order valence-corrected chi connectivity index (χ2v) is 14.2. The lowest BCUT2D eigenvalue weighted by Gasteiger charge is -2.44. The summed E-state index contributed by atoms with van der Waals surface area (Å²) < 4.78 is 16.8. The first-order valence-corrected chi connectivity index (χ1v) is 17.8. The van der Waals surface area contributed by atoms with Gasteiger partial charge in [-0.15, -0.1) is 0 Å². The van der Waals surface area contributed by atoms with Gasteiger partial charge in [0.05, 0.1) is 59.3 Å². The summed E-state index contributed by atoms with van der Waals surface area (Å²) in [4.78, 5) is 36.2. The molecular formula is C39H46N8O3. The molecule has 2 N–H and O–H groups in total. The molecule has 11 nitrogen and oxygen atoms in total. The number of H-pyrrole nitrogens is 2. The summed E-state index contributed by atoms with van der Waals surface area (Å²) in [6.45, 7) is 12.2. The van der Waals surface area contributed by atoms with E-state index in [1.807, 2.05) is 12.1 Å². The Bertz CT molecular complexity index is 1860. The molecule has 2 saturated heterocycles. The molecule has 260 valence electrons. The van der Waals surface area contributed by atoms with Crippen molar-refractivity contribution in [3.8, 4) is 22.8 Å². The Balaban J connectivity index is 1.17. The third-order valence-corrected chi connectivity index (χ3v) is 10.2. The maximum absolute atomic E-state index is 15.5. The van der Waals surface area contributed by atoms with E-state index in [-0.39, 0.29) is 42.3 Å². The molecule has 0 bridgehead atoms. The van der Waals surface area contributed by atoms with Gasteiger partial charge >= 0.3 is 0 Å². The molecule has 0 saturated carbocycles. The highest BCUT2D eigenvalue weighted by molar-refractivity contribution is 5.89. The Morgan fingerprint density at radius 3 is 1.50 bits per heavy atom. The maximum Gasteiger partial charge on any atom is 0.170 e. The fourth-order valence-corrected chi connectivity index (χ4v) is 8.14. The zero-order chi connectivity index (χ0) is 34.4. The highest BCUT2D eigenvalue weighted by Gasteiger charge is 2.40. The lowest BCUT2D eigenvalue weighted by Crippen LogP contribution is -2.61. The molecule has 11 heteroatoms. The average molecular weight is 675 g/mol. The molecule has 2 aliphatic heterocycles. The third kappa shape index (κ3) is 6.54. The maximum atomic E-state index is 15.5. The van der Waals surface area contributed by atoms with Gasteiger partial charge < -0.3 is 28.6 Å². The summed E-state index contributed by atoms with van der Waals surface area (Å²) in [5, 5.41) is 2.12. The van der Waals surface area contributed by atoms with E-state index in [4.69, 9.17) is 9.47 Å². The summed E-state index contributed by atoms with van der Waals surface area (Å²) in [6.07, 6.45) is 7.86. The van der Waals surface area contributed by atoms with Crippen molar-refractivity contribution in [2.45, 2.75) is 77.3 Å². The van der Waals surface area contributed by atoms with Crippen molar-refractivity contribution in [2.75, 3.05) is 26.2 Å². The SMILES string of the molecule is CC1CN(C(Cn2cccc2-c2cc3cccnc3[nH]2)C(=O)C(Cn2cccc2-c2cc3cccnc3[nH]2)N2CC(C)OC(C)C2)CC(C)O1. The molecule has 6 aromatic heterocycles. The Labute approximate surface area is 292 Å². The fraction of sp³-hybridized carbons (Fsp3) is 0.410. The quantitative estimate of drug-likeness (QED) is 0.195. The molecule has 0 aromatic carbocycles. The van der Waals surface area contributed by atoms with Crippen LogP contribution in [0.4, 0.5) is 0 Å². The van der Waals surface area contributed by atoms with Crippen molar-refractivity contribution in [1.82, 2.24) is 38.9 Å². The van der Waals surface area contributed by atoms with Crippen LogP contribution in [0, 0.1) is 0 Å². The van der Waals surface area contributed by atoms with Crippen molar-refractivity contribution in [2.24, 2.45) is 0 Å². The lowest BCUT2D eigenvalue weighted by molar-refractivity contribution is -0.142. The van der Waals surface area contributed by atoms with Gasteiger partial charge in [-0.3, -0.25) is 14.6 Å². The Morgan fingerprint density at radius 1 is 0.680 bits per heavy atom. The van der Waals surface area contributed by atoms with Crippen LogP contribution in [-0.2, 0) is 27.4 Å². The minimum atomic E-state index is -0.382. The van der Waals surface area contributed by atoms with E-state index in [1.54, 1.807) is 12.4 Å². The highest BCUT2D eigenvalue weighted by atomic mass is 16.5. The van der Waals surface area contributed by atoms with Crippen LogP contribution in [0.5, 0.6) is 0 Å². The fourth-order valence-electron chi connectivity index (χ4n) is 8.14. The predicted molar refractivity (Wildman–Crippen MR) is 195 cm³/mol. The molecule has 0 aliphatic carbocycles. The van der Waals surface area contributed by atoms with Crippen molar-refractivity contribution < 1.29 is 14.3 Å². The summed E-state index contributed by atoms with van der Waals surface area (Å²) in [5.74, 6) is 0.212. The molecule has 6 unspecified atom stereocenters. The first-order chi connectivity index (χ1) is 24.3. The number of morpholine rings is 2. The van der Waals surface area contributed by atoms with Crippen molar-refractivity contribution in [1.29, 1.82) is 0 Å². The molecule has 2 fully saturated rings. The van der Waals surface area contributed by atoms with Crippen molar-refractivity contribution in [3.05, 3.63) is 85.5 Å². The summed E-state index contributed by atoms with van der Waals surface area (Å²) in [7, 11) is 0. The van der Waals surface area contributed by atoms with Crippen LogP contribution in [0.2, 0.25) is 0 Å². The van der Waals surface area contributed by atoms with E-state index in [0.29, 0.717) is 39.3 Å². The van der Waals surface area contributed by atoms with Gasteiger partial charge in [0.2, 0.25) is 0 Å². The molecule has 0 amide bonds. The third-order valence-electron chi connectivity index (χ3n) is 10.2. The normalized spacial score (nSPS) is 23.4. The highest BCUT2D eigenvalue weighted by Crippen LogP contribution is 2.29. The van der Waals surface area contributed by atoms with Crippen molar-refractivity contribution in [3.63, 3.8) is 0 Å². The molecular weight excluding hydrogens is 628 g/mol. The molecule has 0 spiro atoms. The number of pyridine rings is 2. The van der Waals surface area contributed by atoms with Gasteiger partial charge in [0.1, 0.15) is 11.3 Å². The van der Waals surface area contributed by atoms with Gasteiger partial charge in [-0.25, -0.2) is 9.97 Å².